The number of nitrogens with zero attached hydrogens (tertiary/aromatic N) is 2. The third-order valence-electron chi connectivity index (χ3n) is 3.68. The summed E-state index contributed by atoms with van der Waals surface area (Å²) < 4.78 is 40.0. The minimum absolute atomic E-state index is 0.0974. The van der Waals surface area contributed by atoms with E-state index >= 15 is 0 Å². The zero-order chi connectivity index (χ0) is 15.0. The first kappa shape index (κ1) is 14.6. The molecule has 0 aromatic heterocycles. The second-order valence-electron chi connectivity index (χ2n) is 5.47. The highest BCUT2D eigenvalue weighted by atomic mass is 32.2. The number of fused-ring (bicyclic) bond motifs is 1. The molecule has 0 N–H and O–H groups in total. The van der Waals surface area contributed by atoms with Crippen LogP contribution in [0.15, 0.2) is 24.3 Å². The Kier molecular flexibility index (Phi) is 3.81. The fourth-order valence-electron chi connectivity index (χ4n) is 2.84. The van der Waals surface area contributed by atoms with Crippen LogP contribution in [0.2, 0.25) is 0 Å². The molecule has 7 heteroatoms. The normalized spacial score (nSPS) is 27.0. The summed E-state index contributed by atoms with van der Waals surface area (Å²) in [6.45, 7) is 5.25. The van der Waals surface area contributed by atoms with Crippen LogP contribution < -0.4 is 9.04 Å². The third-order valence-corrected chi connectivity index (χ3v) is 5.56. The lowest BCUT2D eigenvalue weighted by Gasteiger charge is -2.39. The van der Waals surface area contributed by atoms with Crippen molar-refractivity contribution in [2.45, 2.75) is 26.1 Å². The maximum atomic E-state index is 12.9. The highest BCUT2D eigenvalue weighted by Gasteiger charge is 2.37. The molecule has 1 aromatic carbocycles. The minimum atomic E-state index is -3.56. The zero-order valence-electron chi connectivity index (χ0n) is 12.2. The molecule has 1 fully saturated rings. The summed E-state index contributed by atoms with van der Waals surface area (Å²) in [7, 11) is -3.56. The van der Waals surface area contributed by atoms with E-state index in [1.807, 2.05) is 26.0 Å². The molecular weight excluding hydrogens is 292 g/mol. The molecule has 116 valence electrons. The zero-order valence-corrected chi connectivity index (χ0v) is 13.0. The fourth-order valence-corrected chi connectivity index (χ4v) is 4.62. The minimum Gasteiger partial charge on any atom is -0.489 e. The van der Waals surface area contributed by atoms with Crippen LogP contribution in [0.5, 0.6) is 5.75 Å². The smallest absolute Gasteiger partial charge is 0.304 e. The van der Waals surface area contributed by atoms with E-state index in [9.17, 15) is 8.42 Å². The predicted molar refractivity (Wildman–Crippen MR) is 79.8 cm³/mol. The van der Waals surface area contributed by atoms with Crippen LogP contribution in [0.25, 0.3) is 0 Å². The van der Waals surface area contributed by atoms with Gasteiger partial charge in [0.25, 0.3) is 0 Å². The first-order chi connectivity index (χ1) is 9.98. The molecule has 21 heavy (non-hydrogen) atoms. The summed E-state index contributed by atoms with van der Waals surface area (Å²) in [5.74, 6) is 0.613. The molecule has 0 bridgehead atoms. The molecule has 0 spiro atoms. The van der Waals surface area contributed by atoms with Crippen molar-refractivity contribution in [1.82, 2.24) is 4.31 Å². The molecule has 0 amide bonds. The first-order valence-corrected chi connectivity index (χ1v) is 8.53. The van der Waals surface area contributed by atoms with Crippen LogP contribution in [0, 0.1) is 0 Å². The van der Waals surface area contributed by atoms with Crippen molar-refractivity contribution in [2.75, 3.05) is 30.5 Å². The second-order valence-corrected chi connectivity index (χ2v) is 7.32. The fraction of sp³-hybridized carbons (Fsp3) is 0.571. The van der Waals surface area contributed by atoms with Gasteiger partial charge in [-0.15, -0.1) is 0 Å². The Morgan fingerprint density at radius 3 is 2.52 bits per heavy atom. The van der Waals surface area contributed by atoms with Crippen LogP contribution in [0.1, 0.15) is 13.8 Å². The number of para-hydroxylation sites is 2. The molecule has 2 heterocycles. The Morgan fingerprint density at radius 2 is 1.81 bits per heavy atom. The van der Waals surface area contributed by atoms with E-state index in [1.165, 1.54) is 8.61 Å². The van der Waals surface area contributed by atoms with E-state index in [4.69, 9.17) is 9.47 Å². The predicted octanol–water partition coefficient (Wildman–Crippen LogP) is 1.24. The van der Waals surface area contributed by atoms with Gasteiger partial charge in [0.1, 0.15) is 12.4 Å². The molecule has 0 aliphatic carbocycles. The quantitative estimate of drug-likeness (QED) is 0.824. The molecule has 3 rings (SSSR count). The lowest BCUT2D eigenvalue weighted by Crippen LogP contribution is -2.54. The lowest BCUT2D eigenvalue weighted by molar-refractivity contribution is -0.0441. The molecule has 2 aliphatic rings. The Balaban J connectivity index is 1.92. The van der Waals surface area contributed by atoms with Gasteiger partial charge in [0.2, 0.25) is 0 Å². The van der Waals surface area contributed by atoms with Gasteiger partial charge in [-0.1, -0.05) is 12.1 Å². The summed E-state index contributed by atoms with van der Waals surface area (Å²) in [6, 6.07) is 7.23. The van der Waals surface area contributed by atoms with Crippen LogP contribution in [0.3, 0.4) is 0 Å². The number of benzene rings is 1. The number of hydrogen-bond acceptors (Lipinski definition) is 4. The van der Waals surface area contributed by atoms with Gasteiger partial charge in [0.15, 0.2) is 0 Å². The van der Waals surface area contributed by atoms with Crippen LogP contribution >= 0.6 is 0 Å². The van der Waals surface area contributed by atoms with Gasteiger partial charge in [-0.2, -0.15) is 12.7 Å². The number of rotatable bonds is 2. The largest absolute Gasteiger partial charge is 0.489 e. The number of hydrogen-bond donors (Lipinski definition) is 0. The van der Waals surface area contributed by atoms with E-state index in [0.29, 0.717) is 37.7 Å². The average Bonchev–Trinajstić information content (AvgIpc) is 2.45. The van der Waals surface area contributed by atoms with E-state index in [-0.39, 0.29) is 12.2 Å². The Bertz CT molecular complexity index is 609. The maximum absolute atomic E-state index is 12.9. The Morgan fingerprint density at radius 1 is 1.14 bits per heavy atom. The van der Waals surface area contributed by atoms with Gasteiger partial charge in [0.05, 0.1) is 24.4 Å². The summed E-state index contributed by atoms with van der Waals surface area (Å²) >= 11 is 0. The van der Waals surface area contributed by atoms with E-state index < -0.39 is 10.2 Å². The summed E-state index contributed by atoms with van der Waals surface area (Å²) in [5.41, 5.74) is 0.607. The van der Waals surface area contributed by atoms with Crippen molar-refractivity contribution in [3.05, 3.63) is 24.3 Å². The third kappa shape index (κ3) is 2.73. The summed E-state index contributed by atoms with van der Waals surface area (Å²) in [5, 5.41) is 0. The van der Waals surface area contributed by atoms with Crippen molar-refractivity contribution in [3.8, 4) is 5.75 Å². The lowest BCUT2D eigenvalue weighted by atomic mass is 10.2. The standard InChI is InChI=1S/C14H20N2O4S/c1-11-9-15(10-12(2)20-11)21(17,18)16-7-8-19-14-6-4-3-5-13(14)16/h3-6,11-12H,7-10H2,1-2H3/t11-,12-/m0/s1. The van der Waals surface area contributed by atoms with Gasteiger partial charge < -0.3 is 9.47 Å². The first-order valence-electron chi connectivity index (χ1n) is 7.13. The highest BCUT2D eigenvalue weighted by Crippen LogP contribution is 2.34. The molecule has 1 saturated heterocycles. The van der Waals surface area contributed by atoms with Gasteiger partial charge in [-0.3, -0.25) is 4.31 Å². The van der Waals surface area contributed by atoms with Crippen molar-refractivity contribution in [1.29, 1.82) is 0 Å². The molecule has 0 saturated carbocycles. The topological polar surface area (TPSA) is 59.1 Å². The van der Waals surface area contributed by atoms with Crippen LogP contribution in [-0.4, -0.2) is 51.2 Å². The van der Waals surface area contributed by atoms with Gasteiger partial charge in [-0.25, -0.2) is 0 Å². The SMILES string of the molecule is C[C@H]1CN(S(=O)(=O)N2CCOc3ccccc32)C[C@H](C)O1. The number of morpholine rings is 1. The van der Waals surface area contributed by atoms with Gasteiger partial charge in [0, 0.05) is 13.1 Å². The highest BCUT2D eigenvalue weighted by molar-refractivity contribution is 7.90. The van der Waals surface area contributed by atoms with Gasteiger partial charge in [-0.05, 0) is 26.0 Å². The summed E-state index contributed by atoms with van der Waals surface area (Å²) in [6.07, 6.45) is -0.195. The summed E-state index contributed by atoms with van der Waals surface area (Å²) in [4.78, 5) is 0. The molecule has 2 atom stereocenters. The van der Waals surface area contributed by atoms with E-state index in [1.54, 1.807) is 12.1 Å². The van der Waals surface area contributed by atoms with Gasteiger partial charge >= 0.3 is 10.2 Å². The molecule has 1 aromatic rings. The Labute approximate surface area is 125 Å². The average molecular weight is 312 g/mol. The second kappa shape index (κ2) is 5.47. The van der Waals surface area contributed by atoms with Crippen LogP contribution in [-0.2, 0) is 14.9 Å². The molecular formula is C14H20N2O4S. The molecule has 2 aliphatic heterocycles. The molecule has 0 unspecified atom stereocenters. The van der Waals surface area contributed by atoms with Crippen molar-refractivity contribution >= 4 is 15.9 Å². The van der Waals surface area contributed by atoms with Crippen LogP contribution in [0.4, 0.5) is 5.69 Å². The molecule has 0 radical (unpaired) electrons. The van der Waals surface area contributed by atoms with Crippen molar-refractivity contribution < 1.29 is 17.9 Å². The number of anilines is 1. The van der Waals surface area contributed by atoms with Crippen molar-refractivity contribution in [3.63, 3.8) is 0 Å². The van der Waals surface area contributed by atoms with E-state index in [2.05, 4.69) is 0 Å². The number of ether oxygens (including phenoxy) is 2. The van der Waals surface area contributed by atoms with Crippen molar-refractivity contribution in [2.24, 2.45) is 0 Å². The van der Waals surface area contributed by atoms with E-state index in [0.717, 1.165) is 0 Å². The monoisotopic (exact) mass is 312 g/mol. The Hall–Kier alpha value is -1.31. The maximum Gasteiger partial charge on any atom is 0.304 e. The molecule has 6 nitrogen and oxygen atoms in total.